The molecule has 3 nitrogen and oxygen atoms in total. The molecular formula is C17H21NO2. The third-order valence-corrected chi connectivity index (χ3v) is 3.52. The van der Waals surface area contributed by atoms with Crippen LogP contribution in [-0.4, -0.2) is 17.5 Å². The molecule has 0 spiro atoms. The lowest BCUT2D eigenvalue weighted by Gasteiger charge is -2.12. The van der Waals surface area contributed by atoms with E-state index in [0.717, 1.165) is 35.5 Å². The van der Waals surface area contributed by atoms with Gasteiger partial charge in [0.1, 0.15) is 12.4 Å². The summed E-state index contributed by atoms with van der Waals surface area (Å²) in [5.41, 5.74) is 5.26. The smallest absolute Gasteiger partial charge is 0.151 e. The molecule has 0 amide bonds. The van der Waals surface area contributed by atoms with Crippen LogP contribution in [0.3, 0.4) is 0 Å². The van der Waals surface area contributed by atoms with Crippen molar-refractivity contribution in [2.45, 2.75) is 34.2 Å². The summed E-state index contributed by atoms with van der Waals surface area (Å²) in [7, 11) is 0. The summed E-state index contributed by atoms with van der Waals surface area (Å²) < 4.78 is 7.93. The second-order valence-electron chi connectivity index (χ2n) is 5.27. The van der Waals surface area contributed by atoms with Crippen molar-refractivity contribution in [2.75, 3.05) is 6.61 Å². The first kappa shape index (κ1) is 14.4. The van der Waals surface area contributed by atoms with Crippen LogP contribution in [0, 0.1) is 27.7 Å². The SMILES string of the molecule is Cc1cc(C)cc(OCCn2c(C)cc(C=O)c2C)c1. The number of aromatic nitrogens is 1. The lowest BCUT2D eigenvalue weighted by molar-refractivity contribution is 0.112. The van der Waals surface area contributed by atoms with Crippen LogP contribution in [0.25, 0.3) is 0 Å². The van der Waals surface area contributed by atoms with Crippen LogP contribution < -0.4 is 4.74 Å². The molecule has 0 saturated heterocycles. The second kappa shape index (κ2) is 5.95. The molecule has 1 aromatic carbocycles. The lowest BCUT2D eigenvalue weighted by Crippen LogP contribution is -2.11. The van der Waals surface area contributed by atoms with Crippen molar-refractivity contribution in [3.63, 3.8) is 0 Å². The summed E-state index contributed by atoms with van der Waals surface area (Å²) in [5.74, 6) is 0.903. The molecule has 0 radical (unpaired) electrons. The molecule has 0 saturated carbocycles. The molecule has 1 heterocycles. The normalized spacial score (nSPS) is 10.6. The number of aryl methyl sites for hydroxylation is 3. The summed E-state index contributed by atoms with van der Waals surface area (Å²) >= 11 is 0. The Balaban J connectivity index is 2.03. The number of hydrogen-bond acceptors (Lipinski definition) is 2. The van der Waals surface area contributed by atoms with Crippen LogP contribution in [0.1, 0.15) is 32.9 Å². The number of rotatable bonds is 5. The number of benzene rings is 1. The Morgan fingerprint density at radius 3 is 2.25 bits per heavy atom. The van der Waals surface area contributed by atoms with Crippen LogP contribution in [0.4, 0.5) is 0 Å². The van der Waals surface area contributed by atoms with Gasteiger partial charge in [-0.1, -0.05) is 6.07 Å². The predicted octanol–water partition coefficient (Wildman–Crippen LogP) is 3.61. The van der Waals surface area contributed by atoms with Gasteiger partial charge < -0.3 is 9.30 Å². The van der Waals surface area contributed by atoms with Crippen LogP contribution >= 0.6 is 0 Å². The largest absolute Gasteiger partial charge is 0.492 e. The maximum atomic E-state index is 10.9. The Labute approximate surface area is 120 Å². The third kappa shape index (κ3) is 3.10. The van der Waals surface area contributed by atoms with Crippen molar-refractivity contribution in [1.29, 1.82) is 0 Å². The monoisotopic (exact) mass is 271 g/mol. The standard InChI is InChI=1S/C17H21NO2/c1-12-7-13(2)9-17(8-12)20-6-5-18-14(3)10-16(11-19)15(18)4/h7-11H,5-6H2,1-4H3. The molecule has 0 bridgehead atoms. The Morgan fingerprint density at radius 2 is 1.70 bits per heavy atom. The van der Waals surface area contributed by atoms with E-state index in [4.69, 9.17) is 4.74 Å². The molecule has 0 atom stereocenters. The highest BCUT2D eigenvalue weighted by Gasteiger charge is 2.08. The van der Waals surface area contributed by atoms with E-state index in [-0.39, 0.29) is 0 Å². The van der Waals surface area contributed by atoms with Crippen LogP contribution in [0.5, 0.6) is 5.75 Å². The van der Waals surface area contributed by atoms with Crippen molar-refractivity contribution in [1.82, 2.24) is 4.57 Å². The minimum atomic E-state index is 0.595. The molecule has 0 aliphatic heterocycles. The highest BCUT2D eigenvalue weighted by Crippen LogP contribution is 2.17. The Bertz CT molecular complexity index is 606. The van der Waals surface area contributed by atoms with Crippen molar-refractivity contribution in [3.8, 4) is 5.75 Å². The van der Waals surface area contributed by atoms with E-state index in [1.165, 1.54) is 11.1 Å². The Hall–Kier alpha value is -2.03. The summed E-state index contributed by atoms with van der Waals surface area (Å²) in [6.07, 6.45) is 0.906. The van der Waals surface area contributed by atoms with Gasteiger partial charge >= 0.3 is 0 Å². The van der Waals surface area contributed by atoms with Crippen molar-refractivity contribution in [3.05, 3.63) is 52.3 Å². The van der Waals surface area contributed by atoms with Gasteiger partial charge in [0.2, 0.25) is 0 Å². The summed E-state index contributed by atoms with van der Waals surface area (Å²) in [4.78, 5) is 10.9. The van der Waals surface area contributed by atoms with E-state index >= 15 is 0 Å². The van der Waals surface area contributed by atoms with E-state index < -0.39 is 0 Å². The lowest BCUT2D eigenvalue weighted by atomic mass is 10.1. The van der Waals surface area contributed by atoms with Crippen molar-refractivity contribution < 1.29 is 9.53 Å². The van der Waals surface area contributed by atoms with Gasteiger partial charge in [-0.05, 0) is 57.0 Å². The summed E-state index contributed by atoms with van der Waals surface area (Å²) in [5, 5.41) is 0. The van der Waals surface area contributed by atoms with E-state index in [0.29, 0.717) is 6.61 Å². The average molecular weight is 271 g/mol. The fourth-order valence-electron chi connectivity index (χ4n) is 2.56. The minimum Gasteiger partial charge on any atom is -0.492 e. The van der Waals surface area contributed by atoms with Crippen molar-refractivity contribution >= 4 is 6.29 Å². The maximum Gasteiger partial charge on any atom is 0.151 e. The van der Waals surface area contributed by atoms with Gasteiger partial charge in [0.05, 0.1) is 6.54 Å². The zero-order valence-corrected chi connectivity index (χ0v) is 12.6. The fraction of sp³-hybridized carbons (Fsp3) is 0.353. The molecule has 0 unspecified atom stereocenters. The summed E-state index contributed by atoms with van der Waals surface area (Å²) in [6.45, 7) is 9.45. The van der Waals surface area contributed by atoms with Crippen LogP contribution in [-0.2, 0) is 6.54 Å². The van der Waals surface area contributed by atoms with Gasteiger partial charge in [-0.15, -0.1) is 0 Å². The number of nitrogens with zero attached hydrogens (tertiary/aromatic N) is 1. The maximum absolute atomic E-state index is 10.9. The first-order valence-corrected chi connectivity index (χ1v) is 6.84. The summed E-state index contributed by atoms with van der Waals surface area (Å²) in [6, 6.07) is 8.13. The molecule has 0 fully saturated rings. The van der Waals surface area contributed by atoms with Gasteiger partial charge in [0, 0.05) is 17.0 Å². The molecule has 3 heteroatoms. The number of hydrogen-bond donors (Lipinski definition) is 0. The third-order valence-electron chi connectivity index (χ3n) is 3.52. The Morgan fingerprint density at radius 1 is 1.05 bits per heavy atom. The van der Waals surface area contributed by atoms with E-state index in [1.807, 2.05) is 32.0 Å². The zero-order chi connectivity index (χ0) is 14.7. The molecular weight excluding hydrogens is 250 g/mol. The molecule has 2 aromatic rings. The zero-order valence-electron chi connectivity index (χ0n) is 12.6. The van der Waals surface area contributed by atoms with Crippen LogP contribution in [0.2, 0.25) is 0 Å². The van der Waals surface area contributed by atoms with E-state index in [9.17, 15) is 4.79 Å². The number of aldehydes is 1. The minimum absolute atomic E-state index is 0.595. The van der Waals surface area contributed by atoms with Gasteiger partial charge in [-0.25, -0.2) is 0 Å². The molecule has 106 valence electrons. The van der Waals surface area contributed by atoms with Crippen molar-refractivity contribution in [2.24, 2.45) is 0 Å². The second-order valence-corrected chi connectivity index (χ2v) is 5.27. The first-order valence-electron chi connectivity index (χ1n) is 6.84. The molecule has 1 aromatic heterocycles. The Kier molecular flexibility index (Phi) is 4.28. The first-order chi connectivity index (χ1) is 9.51. The quantitative estimate of drug-likeness (QED) is 0.778. The van der Waals surface area contributed by atoms with Gasteiger partial charge in [0.25, 0.3) is 0 Å². The van der Waals surface area contributed by atoms with Crippen LogP contribution in [0.15, 0.2) is 24.3 Å². The van der Waals surface area contributed by atoms with Gasteiger partial charge in [-0.3, -0.25) is 4.79 Å². The molecule has 20 heavy (non-hydrogen) atoms. The van der Waals surface area contributed by atoms with E-state index in [2.05, 4.69) is 24.5 Å². The number of carbonyl (C=O) groups excluding carboxylic acids is 1. The number of ether oxygens (including phenoxy) is 1. The van der Waals surface area contributed by atoms with Gasteiger partial charge in [0.15, 0.2) is 6.29 Å². The molecule has 0 N–H and O–H groups in total. The van der Waals surface area contributed by atoms with Gasteiger partial charge in [-0.2, -0.15) is 0 Å². The molecule has 2 rings (SSSR count). The number of carbonyl (C=O) groups is 1. The van der Waals surface area contributed by atoms with E-state index in [1.54, 1.807) is 0 Å². The predicted molar refractivity (Wildman–Crippen MR) is 80.7 cm³/mol. The average Bonchev–Trinajstić information content (AvgIpc) is 2.64. The molecule has 0 aliphatic carbocycles. The fourth-order valence-corrected chi connectivity index (χ4v) is 2.56. The highest BCUT2D eigenvalue weighted by atomic mass is 16.5. The molecule has 0 aliphatic rings. The highest BCUT2D eigenvalue weighted by molar-refractivity contribution is 5.77. The topological polar surface area (TPSA) is 31.2 Å².